The van der Waals surface area contributed by atoms with Gasteiger partial charge in [-0.15, -0.1) is 0 Å². The molecule has 1 saturated heterocycles. The first-order valence-corrected chi connectivity index (χ1v) is 8.68. The molecule has 2 N–H and O–H groups in total. The van der Waals surface area contributed by atoms with Crippen LogP contribution in [0.15, 0.2) is 24.3 Å². The SMILES string of the molecule is CCc1ccc(CC(N)C(C)(CC)N2CCCCC2)cc1. The summed E-state index contributed by atoms with van der Waals surface area (Å²) in [6.07, 6.45) is 7.24. The maximum absolute atomic E-state index is 6.65. The molecule has 1 aromatic carbocycles. The van der Waals surface area contributed by atoms with Crippen molar-refractivity contribution in [3.63, 3.8) is 0 Å². The number of hydrogen-bond donors (Lipinski definition) is 1. The summed E-state index contributed by atoms with van der Waals surface area (Å²) in [5.74, 6) is 0. The third kappa shape index (κ3) is 3.87. The van der Waals surface area contributed by atoms with Crippen molar-refractivity contribution in [3.05, 3.63) is 35.4 Å². The lowest BCUT2D eigenvalue weighted by Crippen LogP contribution is -2.59. The minimum atomic E-state index is 0.129. The lowest BCUT2D eigenvalue weighted by molar-refractivity contribution is 0.0546. The van der Waals surface area contributed by atoms with Crippen LogP contribution in [0, 0.1) is 0 Å². The number of piperidine rings is 1. The van der Waals surface area contributed by atoms with Crippen molar-refractivity contribution in [1.82, 2.24) is 4.90 Å². The number of nitrogens with two attached hydrogens (primary N) is 1. The fourth-order valence-electron chi connectivity index (χ4n) is 3.51. The molecule has 2 unspecified atom stereocenters. The van der Waals surface area contributed by atoms with Crippen LogP contribution in [0.2, 0.25) is 0 Å². The molecule has 0 spiro atoms. The number of rotatable bonds is 6. The number of benzene rings is 1. The predicted octanol–water partition coefficient (Wildman–Crippen LogP) is 3.77. The Kier molecular flexibility index (Phi) is 5.83. The minimum absolute atomic E-state index is 0.129. The Balaban J connectivity index is 2.05. The second-order valence-corrected chi connectivity index (χ2v) is 6.74. The zero-order chi connectivity index (χ0) is 15.3. The Bertz CT molecular complexity index is 420. The highest BCUT2D eigenvalue weighted by Crippen LogP contribution is 2.28. The number of hydrogen-bond acceptors (Lipinski definition) is 2. The molecule has 0 saturated carbocycles. The van der Waals surface area contributed by atoms with Crippen LogP contribution in [0.3, 0.4) is 0 Å². The van der Waals surface area contributed by atoms with E-state index in [2.05, 4.69) is 49.9 Å². The van der Waals surface area contributed by atoms with E-state index in [1.54, 1.807) is 0 Å². The van der Waals surface area contributed by atoms with E-state index in [4.69, 9.17) is 5.73 Å². The smallest absolute Gasteiger partial charge is 0.0332 e. The summed E-state index contributed by atoms with van der Waals surface area (Å²) in [6, 6.07) is 9.20. The van der Waals surface area contributed by atoms with Gasteiger partial charge in [0, 0.05) is 11.6 Å². The van der Waals surface area contributed by atoms with Crippen molar-refractivity contribution in [2.45, 2.75) is 70.9 Å². The molecule has 0 radical (unpaired) electrons. The Hall–Kier alpha value is -0.860. The maximum atomic E-state index is 6.65. The molecular formula is C19H32N2. The van der Waals surface area contributed by atoms with Crippen LogP contribution in [0.5, 0.6) is 0 Å². The van der Waals surface area contributed by atoms with E-state index in [0.717, 1.165) is 19.3 Å². The summed E-state index contributed by atoms with van der Waals surface area (Å²) < 4.78 is 0. The molecule has 0 amide bonds. The first-order chi connectivity index (χ1) is 10.1. The van der Waals surface area contributed by atoms with E-state index < -0.39 is 0 Å². The van der Waals surface area contributed by atoms with E-state index in [0.29, 0.717) is 0 Å². The third-order valence-corrected chi connectivity index (χ3v) is 5.48. The van der Waals surface area contributed by atoms with Gasteiger partial charge in [0.15, 0.2) is 0 Å². The molecule has 1 aliphatic heterocycles. The Morgan fingerprint density at radius 3 is 2.14 bits per heavy atom. The molecule has 1 fully saturated rings. The van der Waals surface area contributed by atoms with Crippen molar-refractivity contribution >= 4 is 0 Å². The van der Waals surface area contributed by atoms with E-state index in [-0.39, 0.29) is 11.6 Å². The molecule has 0 aromatic heterocycles. The molecular weight excluding hydrogens is 256 g/mol. The average molecular weight is 288 g/mol. The summed E-state index contributed by atoms with van der Waals surface area (Å²) in [4.78, 5) is 2.64. The summed E-state index contributed by atoms with van der Waals surface area (Å²) >= 11 is 0. The zero-order valence-electron chi connectivity index (χ0n) is 14.1. The standard InChI is InChI=1S/C19H32N2/c1-4-16-9-11-17(12-10-16)15-18(20)19(3,5-2)21-13-7-6-8-14-21/h9-12,18H,4-8,13-15,20H2,1-3H3. The average Bonchev–Trinajstić information content (AvgIpc) is 2.55. The van der Waals surface area contributed by atoms with Crippen molar-refractivity contribution in [3.8, 4) is 0 Å². The molecule has 2 atom stereocenters. The van der Waals surface area contributed by atoms with Crippen molar-refractivity contribution in [1.29, 1.82) is 0 Å². The Morgan fingerprint density at radius 2 is 1.62 bits per heavy atom. The summed E-state index contributed by atoms with van der Waals surface area (Å²) in [5, 5.41) is 0. The van der Waals surface area contributed by atoms with Gasteiger partial charge >= 0.3 is 0 Å². The topological polar surface area (TPSA) is 29.3 Å². The van der Waals surface area contributed by atoms with Crippen LogP contribution >= 0.6 is 0 Å². The molecule has 118 valence electrons. The highest BCUT2D eigenvalue weighted by atomic mass is 15.2. The summed E-state index contributed by atoms with van der Waals surface area (Å²) in [5.41, 5.74) is 9.56. The van der Waals surface area contributed by atoms with E-state index in [9.17, 15) is 0 Å². The van der Waals surface area contributed by atoms with Gasteiger partial charge in [-0.2, -0.15) is 0 Å². The molecule has 2 heteroatoms. The van der Waals surface area contributed by atoms with Gasteiger partial charge in [0.2, 0.25) is 0 Å². The second kappa shape index (κ2) is 7.42. The van der Waals surface area contributed by atoms with Crippen LogP contribution in [-0.2, 0) is 12.8 Å². The van der Waals surface area contributed by atoms with Crippen LogP contribution in [0.4, 0.5) is 0 Å². The molecule has 1 heterocycles. The van der Waals surface area contributed by atoms with E-state index >= 15 is 0 Å². The third-order valence-electron chi connectivity index (χ3n) is 5.48. The predicted molar refractivity (Wildman–Crippen MR) is 91.6 cm³/mol. The largest absolute Gasteiger partial charge is 0.326 e. The van der Waals surface area contributed by atoms with Gasteiger partial charge in [-0.3, -0.25) is 4.90 Å². The van der Waals surface area contributed by atoms with Crippen LogP contribution in [-0.4, -0.2) is 29.6 Å². The van der Waals surface area contributed by atoms with Gasteiger partial charge in [-0.05, 0) is 63.2 Å². The molecule has 1 aromatic rings. The van der Waals surface area contributed by atoms with E-state index in [1.807, 2.05) is 0 Å². The van der Waals surface area contributed by atoms with Gasteiger partial charge in [0.1, 0.15) is 0 Å². The fourth-order valence-corrected chi connectivity index (χ4v) is 3.51. The lowest BCUT2D eigenvalue weighted by Gasteiger charge is -2.47. The van der Waals surface area contributed by atoms with E-state index in [1.165, 1.54) is 43.5 Å². The van der Waals surface area contributed by atoms with Crippen molar-refractivity contribution in [2.24, 2.45) is 5.73 Å². The molecule has 1 aliphatic rings. The van der Waals surface area contributed by atoms with Gasteiger partial charge < -0.3 is 5.73 Å². The fraction of sp³-hybridized carbons (Fsp3) is 0.684. The maximum Gasteiger partial charge on any atom is 0.0332 e. The summed E-state index contributed by atoms with van der Waals surface area (Å²) in [6.45, 7) is 9.28. The highest BCUT2D eigenvalue weighted by molar-refractivity contribution is 5.24. The molecule has 0 bridgehead atoms. The monoisotopic (exact) mass is 288 g/mol. The van der Waals surface area contributed by atoms with Crippen molar-refractivity contribution < 1.29 is 0 Å². The quantitative estimate of drug-likeness (QED) is 0.863. The zero-order valence-corrected chi connectivity index (χ0v) is 14.1. The molecule has 2 rings (SSSR count). The van der Waals surface area contributed by atoms with Crippen LogP contribution < -0.4 is 5.73 Å². The normalized spacial score (nSPS) is 21.0. The van der Waals surface area contributed by atoms with Crippen LogP contribution in [0.25, 0.3) is 0 Å². The molecule has 2 nitrogen and oxygen atoms in total. The van der Waals surface area contributed by atoms with Gasteiger partial charge in [0.05, 0.1) is 0 Å². The second-order valence-electron chi connectivity index (χ2n) is 6.74. The summed E-state index contributed by atoms with van der Waals surface area (Å²) in [7, 11) is 0. The number of nitrogens with zero attached hydrogens (tertiary/aromatic N) is 1. The van der Waals surface area contributed by atoms with Crippen molar-refractivity contribution in [2.75, 3.05) is 13.1 Å². The van der Waals surface area contributed by atoms with Gasteiger partial charge in [0.25, 0.3) is 0 Å². The lowest BCUT2D eigenvalue weighted by atomic mass is 9.83. The van der Waals surface area contributed by atoms with Gasteiger partial charge in [-0.1, -0.05) is 44.5 Å². The Labute approximate surface area is 130 Å². The van der Waals surface area contributed by atoms with Crippen LogP contribution in [0.1, 0.15) is 57.6 Å². The first kappa shape index (κ1) is 16.5. The number of aryl methyl sites for hydroxylation is 1. The minimum Gasteiger partial charge on any atom is -0.326 e. The highest BCUT2D eigenvalue weighted by Gasteiger charge is 2.36. The Morgan fingerprint density at radius 1 is 1.05 bits per heavy atom. The number of likely N-dealkylation sites (tertiary alicyclic amines) is 1. The molecule has 0 aliphatic carbocycles. The first-order valence-electron chi connectivity index (χ1n) is 8.68. The van der Waals surface area contributed by atoms with Gasteiger partial charge in [-0.25, -0.2) is 0 Å². The molecule has 21 heavy (non-hydrogen) atoms.